The topological polar surface area (TPSA) is 71.1 Å². The molecule has 10 atom stereocenters. The van der Waals surface area contributed by atoms with Gasteiger partial charge in [0, 0.05) is 31.6 Å². The molecule has 6 nitrogen and oxygen atoms in total. The predicted molar refractivity (Wildman–Crippen MR) is 138 cm³/mol. The van der Waals surface area contributed by atoms with Crippen molar-refractivity contribution in [2.24, 2.45) is 29.6 Å². The summed E-state index contributed by atoms with van der Waals surface area (Å²) < 4.78 is 25.9. The molecule has 2 bridgehead atoms. The molecule has 4 aliphatic rings. The summed E-state index contributed by atoms with van der Waals surface area (Å²) in [5.74, 6) is 1.01. The lowest BCUT2D eigenvalue weighted by Gasteiger charge is -2.47. The van der Waals surface area contributed by atoms with Crippen LogP contribution in [0.5, 0.6) is 0 Å². The number of unbranched alkanes of at least 4 members (excludes halogenated alkanes) is 4. The monoisotopic (exact) mass is 504 g/mol. The number of carbonyl (C=O) groups is 2. The molecular formula is C30H48O6. The first-order valence-corrected chi connectivity index (χ1v) is 14.5. The van der Waals surface area contributed by atoms with Crippen LogP contribution in [0.25, 0.3) is 0 Å². The maximum atomic E-state index is 13.0. The van der Waals surface area contributed by atoms with E-state index in [4.69, 9.17) is 18.9 Å². The van der Waals surface area contributed by atoms with Crippen LogP contribution in [0.1, 0.15) is 99.3 Å². The number of hydrogen-bond donors (Lipinski definition) is 0. The highest BCUT2D eigenvalue weighted by Gasteiger charge is 2.65. The molecule has 2 saturated heterocycles. The van der Waals surface area contributed by atoms with E-state index < -0.39 is 11.7 Å². The van der Waals surface area contributed by atoms with Crippen LogP contribution in [0.15, 0.2) is 11.6 Å². The first kappa shape index (κ1) is 27.6. The van der Waals surface area contributed by atoms with Crippen LogP contribution in [0, 0.1) is 29.6 Å². The minimum Gasteiger partial charge on any atom is -0.462 e. The van der Waals surface area contributed by atoms with E-state index in [1.54, 1.807) is 0 Å². The third-order valence-corrected chi connectivity index (χ3v) is 9.48. The van der Waals surface area contributed by atoms with E-state index in [1.807, 2.05) is 0 Å². The Kier molecular flexibility index (Phi) is 8.87. The van der Waals surface area contributed by atoms with Gasteiger partial charge in [0.05, 0.1) is 18.8 Å². The third-order valence-electron chi connectivity index (χ3n) is 9.48. The molecule has 0 amide bonds. The lowest BCUT2D eigenvalue weighted by molar-refractivity contribution is -0.202. The summed E-state index contributed by atoms with van der Waals surface area (Å²) in [6.45, 7) is 13.0. The van der Waals surface area contributed by atoms with Crippen LogP contribution in [0.4, 0.5) is 0 Å². The van der Waals surface area contributed by atoms with E-state index >= 15 is 0 Å². The van der Waals surface area contributed by atoms with Gasteiger partial charge in [-0.1, -0.05) is 58.1 Å². The van der Waals surface area contributed by atoms with Gasteiger partial charge in [-0.3, -0.25) is 9.59 Å². The molecule has 0 aromatic heterocycles. The minimum atomic E-state index is -0.749. The third kappa shape index (κ3) is 5.55. The zero-order chi connectivity index (χ0) is 26.0. The predicted octanol–water partition coefficient (Wildman–Crippen LogP) is 6.01. The van der Waals surface area contributed by atoms with Crippen LogP contribution in [-0.4, -0.2) is 48.6 Å². The Morgan fingerprint density at radius 2 is 1.83 bits per heavy atom. The molecule has 3 fully saturated rings. The fourth-order valence-corrected chi connectivity index (χ4v) is 7.55. The number of carbonyl (C=O) groups excluding carboxylic acids is 2. The van der Waals surface area contributed by atoms with Gasteiger partial charge in [0.15, 0.2) is 0 Å². The van der Waals surface area contributed by atoms with Gasteiger partial charge in [0.2, 0.25) is 0 Å². The Bertz CT molecular complexity index is 822. The van der Waals surface area contributed by atoms with Crippen molar-refractivity contribution in [3.8, 4) is 0 Å². The molecule has 1 saturated carbocycles. The van der Waals surface area contributed by atoms with Crippen LogP contribution >= 0.6 is 0 Å². The fourth-order valence-electron chi connectivity index (χ4n) is 7.55. The second-order valence-electron chi connectivity index (χ2n) is 12.3. The summed E-state index contributed by atoms with van der Waals surface area (Å²) in [5, 5.41) is 0. The van der Waals surface area contributed by atoms with Crippen molar-refractivity contribution in [3.05, 3.63) is 11.6 Å². The van der Waals surface area contributed by atoms with Gasteiger partial charge in [-0.2, -0.15) is 0 Å². The summed E-state index contributed by atoms with van der Waals surface area (Å²) in [7, 11) is 0. The maximum Gasteiger partial charge on any atom is 0.306 e. The summed E-state index contributed by atoms with van der Waals surface area (Å²) >= 11 is 0. The zero-order valence-corrected chi connectivity index (χ0v) is 23.3. The Morgan fingerprint density at radius 1 is 1.08 bits per heavy atom. The first-order valence-electron chi connectivity index (χ1n) is 14.5. The van der Waals surface area contributed by atoms with E-state index in [2.05, 4.69) is 40.7 Å². The molecule has 6 heteroatoms. The summed E-state index contributed by atoms with van der Waals surface area (Å²) in [5.41, 5.74) is 0.481. The fraction of sp³-hybridized carbons (Fsp3) is 0.867. The molecule has 36 heavy (non-hydrogen) atoms. The lowest BCUT2D eigenvalue weighted by Crippen LogP contribution is -2.57. The zero-order valence-electron chi connectivity index (χ0n) is 23.3. The molecule has 0 spiro atoms. The molecule has 204 valence electrons. The van der Waals surface area contributed by atoms with Gasteiger partial charge in [0.25, 0.3) is 0 Å². The van der Waals surface area contributed by atoms with Gasteiger partial charge in [-0.15, -0.1) is 0 Å². The van der Waals surface area contributed by atoms with Crippen molar-refractivity contribution in [2.45, 2.75) is 129 Å². The van der Waals surface area contributed by atoms with Crippen molar-refractivity contribution < 1.29 is 28.5 Å². The molecule has 3 aliphatic heterocycles. The molecular weight excluding hydrogens is 456 g/mol. The lowest BCUT2D eigenvalue weighted by atomic mass is 9.59. The van der Waals surface area contributed by atoms with Gasteiger partial charge in [0.1, 0.15) is 17.8 Å². The van der Waals surface area contributed by atoms with E-state index in [0.29, 0.717) is 31.3 Å². The maximum absolute atomic E-state index is 13.0. The molecule has 0 radical (unpaired) electrons. The van der Waals surface area contributed by atoms with Crippen LogP contribution < -0.4 is 0 Å². The van der Waals surface area contributed by atoms with Crippen LogP contribution in [-0.2, 0) is 28.5 Å². The van der Waals surface area contributed by atoms with Gasteiger partial charge < -0.3 is 18.9 Å². The molecule has 1 aliphatic carbocycles. The largest absolute Gasteiger partial charge is 0.462 e. The van der Waals surface area contributed by atoms with E-state index in [1.165, 1.54) is 25.3 Å². The number of rotatable bonds is 8. The molecule has 0 aromatic carbocycles. The van der Waals surface area contributed by atoms with Crippen molar-refractivity contribution in [1.82, 2.24) is 0 Å². The standard InChI is InChI=1S/C30H48O6/c1-7-8-9-10-11-12-25(32)36-24-14-13-18(2)15-23-27-26-22(16-19(3)28(27)34-21(5)31)20(4)17-33-30(24,6)29(26)35-23/h13,19-20,22-24,26-29H,7-12,14-17H2,1-6H3/b18-13-/t19-,20+,22+,23+,24-,26+,27+,28-,29+,30+/m1/s1. The Morgan fingerprint density at radius 3 is 2.56 bits per heavy atom. The molecule has 0 aromatic rings. The highest BCUT2D eigenvalue weighted by atomic mass is 16.6. The second kappa shape index (κ2) is 11.6. The first-order chi connectivity index (χ1) is 17.2. The average Bonchev–Trinajstić information content (AvgIpc) is 3.17. The number of hydrogen-bond acceptors (Lipinski definition) is 6. The average molecular weight is 505 g/mol. The molecule has 4 rings (SSSR count). The molecule has 3 heterocycles. The number of esters is 2. The normalized spacial score (nSPS) is 43.3. The van der Waals surface area contributed by atoms with E-state index in [0.717, 1.165) is 32.1 Å². The van der Waals surface area contributed by atoms with E-state index in [9.17, 15) is 9.59 Å². The Balaban J connectivity index is 1.63. The van der Waals surface area contributed by atoms with Crippen molar-refractivity contribution in [2.75, 3.05) is 6.61 Å². The SMILES string of the molecule is CCCCCCCC(=O)O[C@@H]1C/C=C(/C)C[C@@H]2O[C@H]3[C@H]4[C@@H](C[C@@H](C)[C@@H](OC(C)=O)[C@H]42)[C@@H](C)CO[C@@]13C. The summed E-state index contributed by atoms with van der Waals surface area (Å²) in [4.78, 5) is 25.1. The van der Waals surface area contributed by atoms with E-state index in [-0.39, 0.29) is 48.0 Å². The smallest absolute Gasteiger partial charge is 0.306 e. The highest BCUT2D eigenvalue weighted by Crippen LogP contribution is 2.57. The van der Waals surface area contributed by atoms with Crippen molar-refractivity contribution in [3.63, 3.8) is 0 Å². The Hall–Kier alpha value is -1.40. The summed E-state index contributed by atoms with van der Waals surface area (Å²) in [6, 6.07) is 0. The van der Waals surface area contributed by atoms with Crippen LogP contribution in [0.3, 0.4) is 0 Å². The Labute approximate surface area is 217 Å². The quantitative estimate of drug-likeness (QED) is 0.229. The van der Waals surface area contributed by atoms with Crippen LogP contribution in [0.2, 0.25) is 0 Å². The van der Waals surface area contributed by atoms with Gasteiger partial charge in [-0.05, 0) is 50.9 Å². The number of fused-ring (bicyclic) bond motifs is 2. The molecule has 0 unspecified atom stereocenters. The van der Waals surface area contributed by atoms with Crippen molar-refractivity contribution >= 4 is 11.9 Å². The van der Waals surface area contributed by atoms with Gasteiger partial charge in [-0.25, -0.2) is 0 Å². The van der Waals surface area contributed by atoms with Gasteiger partial charge >= 0.3 is 11.9 Å². The second-order valence-corrected chi connectivity index (χ2v) is 12.3. The minimum absolute atomic E-state index is 0.0351. The highest BCUT2D eigenvalue weighted by molar-refractivity contribution is 5.69. The number of ether oxygens (including phenoxy) is 4. The van der Waals surface area contributed by atoms with Crippen molar-refractivity contribution in [1.29, 1.82) is 0 Å². The molecule has 0 N–H and O–H groups in total. The summed E-state index contributed by atoms with van der Waals surface area (Å²) in [6.07, 6.45) is 9.77.